The van der Waals surface area contributed by atoms with Gasteiger partial charge in [0.1, 0.15) is 0 Å². The molecule has 0 amide bonds. The van der Waals surface area contributed by atoms with E-state index in [1.54, 1.807) is 0.515 Å². The second-order valence-corrected chi connectivity index (χ2v) is 3.98. The summed E-state index contributed by atoms with van der Waals surface area (Å²) < 4.78 is 1.55. The Balaban J connectivity index is 2.53. The molecule has 0 atom stereocenters. The zero-order valence-electron chi connectivity index (χ0n) is 6.24. The molecule has 0 saturated carbocycles. The van der Waals surface area contributed by atoms with Crippen LogP contribution in [0.25, 0.3) is 0 Å². The molecule has 44 valence electrons. The Kier molecular flexibility index (Phi) is 10.4. The summed E-state index contributed by atoms with van der Waals surface area (Å²) in [6.45, 7) is 2.27. The third kappa shape index (κ3) is 7.64. The third-order valence-electron chi connectivity index (χ3n) is 1.46. The third-order valence-corrected chi connectivity index (χ3v) is 2.56. The maximum absolute atomic E-state index is 2.27. The monoisotopic (exact) mass is 138 g/mol. The van der Waals surface area contributed by atoms with Gasteiger partial charge in [0.15, 0.2) is 0 Å². The van der Waals surface area contributed by atoms with Gasteiger partial charge < -0.3 is 0 Å². The van der Waals surface area contributed by atoms with E-state index in [2.05, 4.69) is 6.92 Å². The van der Waals surface area contributed by atoms with Gasteiger partial charge in [0.2, 0.25) is 0 Å². The van der Waals surface area contributed by atoms with Crippen LogP contribution in [0.15, 0.2) is 0 Å². The number of rotatable bonds is 5. The van der Waals surface area contributed by atoms with Crippen LogP contribution in [-0.2, 0) is 0 Å². The number of hydrogen-bond acceptors (Lipinski definition) is 0. The zero-order chi connectivity index (χ0) is 6.24. The molecule has 0 nitrogen and oxygen atoms in total. The van der Waals surface area contributed by atoms with E-state index in [0.29, 0.717) is 0 Å². The number of hydrogen-bond donors (Lipinski definition) is 0. The van der Waals surface area contributed by atoms with Crippen molar-refractivity contribution in [1.29, 1.82) is 0 Å². The summed E-state index contributed by atoms with van der Waals surface area (Å²) in [6, 6.07) is 0. The fourth-order valence-electron chi connectivity index (χ4n) is 0.854. The average Bonchev–Trinajstić information content (AvgIpc) is 1.81. The molecular formula is C7H15K. The van der Waals surface area contributed by atoms with Crippen LogP contribution in [0, 0.1) is 0 Å². The summed E-state index contributed by atoms with van der Waals surface area (Å²) in [7, 11) is 0. The molecule has 0 saturated heterocycles. The molecule has 0 rings (SSSR count). The van der Waals surface area contributed by atoms with Gasteiger partial charge in [-0.2, -0.15) is 0 Å². The zero-order valence-corrected chi connectivity index (χ0v) is 9.37. The van der Waals surface area contributed by atoms with Gasteiger partial charge in [0.25, 0.3) is 0 Å². The molecule has 8 heavy (non-hydrogen) atoms. The molecule has 0 spiro atoms. The van der Waals surface area contributed by atoms with Crippen molar-refractivity contribution in [2.45, 2.75) is 39.5 Å². The molecule has 0 N–H and O–H groups in total. The van der Waals surface area contributed by atoms with Crippen molar-refractivity contribution in [3.8, 4) is 0 Å². The van der Waals surface area contributed by atoms with Gasteiger partial charge in [-0.05, 0) is 0 Å². The maximum atomic E-state index is 2.27. The second-order valence-electron chi connectivity index (χ2n) is 2.41. The van der Waals surface area contributed by atoms with Gasteiger partial charge in [-0.15, -0.1) is 0 Å². The van der Waals surface area contributed by atoms with E-state index in [-0.39, 0.29) is 0 Å². The van der Waals surface area contributed by atoms with Crippen molar-refractivity contribution in [3.05, 3.63) is 0 Å². The van der Waals surface area contributed by atoms with E-state index < -0.39 is 0 Å². The number of unbranched alkanes of at least 4 members (excludes halogenated alkanes) is 4. The Morgan fingerprint density at radius 2 is 1.62 bits per heavy atom. The summed E-state index contributed by atoms with van der Waals surface area (Å²) in [6.07, 6.45) is 7.32. The minimum absolute atomic E-state index is 1.11. The van der Waals surface area contributed by atoms with Crippen molar-refractivity contribution in [1.82, 2.24) is 0 Å². The van der Waals surface area contributed by atoms with Crippen LogP contribution in [0.4, 0.5) is 0 Å². The predicted octanol–water partition coefficient (Wildman–Crippen LogP) is 2.54. The van der Waals surface area contributed by atoms with Crippen LogP contribution in [-0.4, -0.2) is 49.0 Å². The molecule has 0 heterocycles. The van der Waals surface area contributed by atoms with Gasteiger partial charge >= 0.3 is 88.5 Å². The van der Waals surface area contributed by atoms with Crippen LogP contribution in [0.5, 0.6) is 0 Å². The average molecular weight is 138 g/mol. The Morgan fingerprint density at radius 1 is 1.00 bits per heavy atom. The van der Waals surface area contributed by atoms with Crippen molar-refractivity contribution in [2.24, 2.45) is 0 Å². The molecule has 0 aromatic carbocycles. The van der Waals surface area contributed by atoms with E-state index in [1.807, 2.05) is 0 Å². The Bertz CT molecular complexity index is 29.4. The minimum atomic E-state index is 1.11. The fraction of sp³-hybridized carbons (Fsp3) is 1.00. The Labute approximate surface area is 87.0 Å². The molecular weight excluding hydrogens is 123 g/mol. The Hall–Kier alpha value is 1.64. The quantitative estimate of drug-likeness (QED) is 0.404. The molecule has 0 fully saturated rings. The predicted molar refractivity (Wildman–Crippen MR) is 39.3 cm³/mol. The molecule has 0 radical (unpaired) electrons. The van der Waals surface area contributed by atoms with E-state index in [9.17, 15) is 0 Å². The fourth-order valence-corrected chi connectivity index (χ4v) is 1.63. The van der Waals surface area contributed by atoms with E-state index >= 15 is 0 Å². The second kappa shape index (κ2) is 8.64. The van der Waals surface area contributed by atoms with Crippen LogP contribution in [0.3, 0.4) is 0 Å². The first-order valence-electron chi connectivity index (χ1n) is 3.91. The molecule has 0 aliphatic carbocycles. The summed E-state index contributed by atoms with van der Waals surface area (Å²) >= 11 is 1.11. The van der Waals surface area contributed by atoms with Gasteiger partial charge in [-0.1, -0.05) is 0 Å². The molecule has 0 aliphatic heterocycles. The first-order valence-corrected chi connectivity index (χ1v) is 6.12. The first kappa shape index (κ1) is 9.64. The van der Waals surface area contributed by atoms with Gasteiger partial charge in [-0.25, -0.2) is 0 Å². The van der Waals surface area contributed by atoms with E-state index in [1.165, 1.54) is 32.1 Å². The van der Waals surface area contributed by atoms with Crippen LogP contribution >= 0.6 is 0 Å². The van der Waals surface area contributed by atoms with Crippen molar-refractivity contribution in [3.63, 3.8) is 0 Å². The SMILES string of the molecule is CCCCCC[CH2][K]. The first-order chi connectivity index (χ1) is 3.91. The molecule has 0 aliphatic rings. The van der Waals surface area contributed by atoms with Gasteiger partial charge in [0, 0.05) is 0 Å². The standard InChI is InChI=1S/C7H15.K/c1-3-5-7-6-4-2;/h1,3-7H2,2H3;. The Morgan fingerprint density at radius 3 is 2.12 bits per heavy atom. The van der Waals surface area contributed by atoms with Gasteiger partial charge in [-0.3, -0.25) is 0 Å². The molecule has 1 heteroatoms. The van der Waals surface area contributed by atoms with Crippen LogP contribution in [0.2, 0.25) is 0.515 Å². The van der Waals surface area contributed by atoms with Crippen LogP contribution in [0.1, 0.15) is 39.0 Å². The van der Waals surface area contributed by atoms with E-state index in [4.69, 9.17) is 0 Å². The van der Waals surface area contributed by atoms with Crippen molar-refractivity contribution < 1.29 is 0 Å². The normalized spacial score (nSPS) is 9.88. The van der Waals surface area contributed by atoms with Crippen molar-refractivity contribution in [2.75, 3.05) is 0 Å². The van der Waals surface area contributed by atoms with Crippen molar-refractivity contribution >= 4 is 49.0 Å². The van der Waals surface area contributed by atoms with E-state index in [0.717, 1.165) is 49.0 Å². The molecule has 0 aromatic heterocycles. The van der Waals surface area contributed by atoms with Gasteiger partial charge in [0.05, 0.1) is 0 Å². The molecule has 0 bridgehead atoms. The molecule has 0 aromatic rings. The molecule has 0 unspecified atom stereocenters. The topological polar surface area (TPSA) is 0 Å². The summed E-state index contributed by atoms with van der Waals surface area (Å²) in [5, 5.41) is 0. The summed E-state index contributed by atoms with van der Waals surface area (Å²) in [5.41, 5.74) is 0. The summed E-state index contributed by atoms with van der Waals surface area (Å²) in [5.74, 6) is 0. The summed E-state index contributed by atoms with van der Waals surface area (Å²) in [4.78, 5) is 0. The van der Waals surface area contributed by atoms with Crippen LogP contribution < -0.4 is 0 Å².